The highest BCUT2D eigenvalue weighted by molar-refractivity contribution is 7.99. The topological polar surface area (TPSA) is 20.2 Å². The Bertz CT molecular complexity index is 513. The summed E-state index contributed by atoms with van der Waals surface area (Å²) in [4.78, 5) is 0.955. The van der Waals surface area contributed by atoms with Gasteiger partial charge in [0.2, 0.25) is 0 Å². The molecule has 0 amide bonds. The molecule has 0 saturated carbocycles. The number of hydrogen-bond donors (Lipinski definition) is 1. The van der Waals surface area contributed by atoms with Crippen molar-refractivity contribution in [3.63, 3.8) is 0 Å². The molecule has 0 bridgehead atoms. The highest BCUT2D eigenvalue weighted by Gasteiger charge is 2.06. The fourth-order valence-electron chi connectivity index (χ4n) is 1.67. The Balaban J connectivity index is 1.82. The lowest BCUT2D eigenvalue weighted by Crippen LogP contribution is -2.13. The van der Waals surface area contributed by atoms with Crippen LogP contribution in [0.25, 0.3) is 0 Å². The van der Waals surface area contributed by atoms with Gasteiger partial charge in [0.1, 0.15) is 5.82 Å². The molecule has 4 heteroatoms. The fraction of sp³-hybridized carbons (Fsp3) is 0.200. The van der Waals surface area contributed by atoms with Crippen LogP contribution in [0.1, 0.15) is 5.56 Å². The first-order valence-electron chi connectivity index (χ1n) is 5.94. The summed E-state index contributed by atoms with van der Waals surface area (Å²) in [6.45, 7) is 0. The molecule has 19 heavy (non-hydrogen) atoms. The van der Waals surface area contributed by atoms with Crippen LogP contribution in [0.15, 0.2) is 53.4 Å². The highest BCUT2D eigenvalue weighted by atomic mass is 35.5. The molecule has 0 fully saturated rings. The predicted molar refractivity (Wildman–Crippen MR) is 78.3 cm³/mol. The number of rotatable bonds is 5. The second-order valence-corrected chi connectivity index (χ2v) is 5.78. The maximum atomic E-state index is 12.7. The number of thioether (sulfide) groups is 1. The van der Waals surface area contributed by atoms with Gasteiger partial charge in [-0.15, -0.1) is 11.8 Å². The lowest BCUT2D eigenvalue weighted by Gasteiger charge is -2.10. The van der Waals surface area contributed by atoms with E-state index in [-0.39, 0.29) is 5.82 Å². The van der Waals surface area contributed by atoms with Crippen molar-refractivity contribution in [3.8, 4) is 0 Å². The van der Waals surface area contributed by atoms with Gasteiger partial charge in [-0.3, -0.25) is 0 Å². The zero-order chi connectivity index (χ0) is 13.7. The Labute approximate surface area is 121 Å². The molecule has 0 saturated heterocycles. The minimum absolute atomic E-state index is 0.244. The SMILES string of the molecule is OC(CSc1ccc(F)cc1)Cc1ccc(Cl)cc1. The first-order valence-corrected chi connectivity index (χ1v) is 7.31. The van der Waals surface area contributed by atoms with E-state index < -0.39 is 6.10 Å². The standard InChI is InChI=1S/C15H14ClFOS/c16-12-3-1-11(2-4-12)9-14(18)10-19-15-7-5-13(17)6-8-15/h1-8,14,18H,9-10H2. The van der Waals surface area contributed by atoms with Crippen molar-refractivity contribution < 1.29 is 9.50 Å². The monoisotopic (exact) mass is 296 g/mol. The number of hydrogen-bond acceptors (Lipinski definition) is 2. The van der Waals surface area contributed by atoms with Gasteiger partial charge in [0.25, 0.3) is 0 Å². The summed E-state index contributed by atoms with van der Waals surface area (Å²) in [5, 5.41) is 10.7. The van der Waals surface area contributed by atoms with Crippen LogP contribution >= 0.6 is 23.4 Å². The van der Waals surface area contributed by atoms with E-state index in [0.29, 0.717) is 17.2 Å². The van der Waals surface area contributed by atoms with E-state index in [2.05, 4.69) is 0 Å². The van der Waals surface area contributed by atoms with E-state index in [4.69, 9.17) is 11.6 Å². The van der Waals surface area contributed by atoms with Crippen molar-refractivity contribution >= 4 is 23.4 Å². The molecule has 1 unspecified atom stereocenters. The van der Waals surface area contributed by atoms with Crippen LogP contribution in [-0.4, -0.2) is 17.0 Å². The van der Waals surface area contributed by atoms with Crippen molar-refractivity contribution in [2.45, 2.75) is 17.4 Å². The first kappa shape index (κ1) is 14.4. The third kappa shape index (κ3) is 4.86. The number of aliphatic hydroxyl groups is 1. The molecule has 0 heterocycles. The minimum atomic E-state index is -0.434. The molecule has 2 aromatic carbocycles. The second-order valence-electron chi connectivity index (χ2n) is 4.25. The Hall–Kier alpha value is -1.03. The molecule has 0 aliphatic carbocycles. The molecule has 0 aliphatic heterocycles. The molecule has 2 rings (SSSR count). The molecular weight excluding hydrogens is 283 g/mol. The molecule has 0 spiro atoms. The van der Waals surface area contributed by atoms with Crippen molar-refractivity contribution in [1.82, 2.24) is 0 Å². The molecule has 100 valence electrons. The number of halogens is 2. The third-order valence-electron chi connectivity index (χ3n) is 2.64. The van der Waals surface area contributed by atoms with Gasteiger partial charge in [-0.1, -0.05) is 23.7 Å². The molecule has 0 radical (unpaired) electrons. The predicted octanol–water partition coefficient (Wildman–Crippen LogP) is 4.17. The summed E-state index contributed by atoms with van der Waals surface area (Å²) >= 11 is 7.32. The lowest BCUT2D eigenvalue weighted by atomic mass is 10.1. The fourth-order valence-corrected chi connectivity index (χ4v) is 2.63. The Morgan fingerprint density at radius 3 is 2.32 bits per heavy atom. The van der Waals surface area contributed by atoms with Crippen LogP contribution in [0, 0.1) is 5.82 Å². The van der Waals surface area contributed by atoms with E-state index in [1.165, 1.54) is 23.9 Å². The Morgan fingerprint density at radius 1 is 1.05 bits per heavy atom. The zero-order valence-electron chi connectivity index (χ0n) is 10.2. The summed E-state index contributed by atoms with van der Waals surface area (Å²) in [6, 6.07) is 13.7. The van der Waals surface area contributed by atoms with E-state index in [1.54, 1.807) is 12.1 Å². The first-order chi connectivity index (χ1) is 9.13. The van der Waals surface area contributed by atoms with Gasteiger partial charge in [-0.25, -0.2) is 4.39 Å². The van der Waals surface area contributed by atoms with E-state index in [1.807, 2.05) is 24.3 Å². The summed E-state index contributed by atoms with van der Waals surface area (Å²) in [5.41, 5.74) is 1.05. The molecule has 2 aromatic rings. The van der Waals surface area contributed by atoms with E-state index in [0.717, 1.165) is 10.5 Å². The smallest absolute Gasteiger partial charge is 0.123 e. The lowest BCUT2D eigenvalue weighted by molar-refractivity contribution is 0.200. The van der Waals surface area contributed by atoms with E-state index >= 15 is 0 Å². The van der Waals surface area contributed by atoms with Crippen LogP contribution in [0.2, 0.25) is 5.02 Å². The van der Waals surface area contributed by atoms with Crippen molar-refractivity contribution in [3.05, 3.63) is 64.9 Å². The van der Waals surface area contributed by atoms with Crippen molar-refractivity contribution in [2.24, 2.45) is 0 Å². The summed E-state index contributed by atoms with van der Waals surface area (Å²) in [6.07, 6.45) is 0.155. The van der Waals surface area contributed by atoms with Gasteiger partial charge in [0, 0.05) is 15.7 Å². The van der Waals surface area contributed by atoms with Gasteiger partial charge in [-0.05, 0) is 48.4 Å². The van der Waals surface area contributed by atoms with Crippen LogP contribution in [-0.2, 0) is 6.42 Å². The third-order valence-corrected chi connectivity index (χ3v) is 4.05. The van der Waals surface area contributed by atoms with Crippen LogP contribution < -0.4 is 0 Å². The van der Waals surface area contributed by atoms with E-state index in [9.17, 15) is 9.50 Å². The molecule has 1 N–H and O–H groups in total. The normalized spacial score (nSPS) is 12.4. The van der Waals surface area contributed by atoms with Crippen LogP contribution in [0.3, 0.4) is 0 Å². The van der Waals surface area contributed by atoms with Crippen LogP contribution in [0.4, 0.5) is 4.39 Å². The molecule has 0 aromatic heterocycles. The summed E-state index contributed by atoms with van der Waals surface area (Å²) in [5.74, 6) is 0.333. The van der Waals surface area contributed by atoms with Gasteiger partial charge in [-0.2, -0.15) is 0 Å². The van der Waals surface area contributed by atoms with Crippen molar-refractivity contribution in [2.75, 3.05) is 5.75 Å². The van der Waals surface area contributed by atoms with Gasteiger partial charge < -0.3 is 5.11 Å². The molecule has 1 atom stereocenters. The van der Waals surface area contributed by atoms with Gasteiger partial charge in [0.05, 0.1) is 6.10 Å². The number of benzene rings is 2. The maximum absolute atomic E-state index is 12.7. The summed E-state index contributed by atoms with van der Waals surface area (Å²) in [7, 11) is 0. The largest absolute Gasteiger partial charge is 0.392 e. The number of aliphatic hydroxyl groups excluding tert-OH is 1. The molecule has 0 aliphatic rings. The second kappa shape index (κ2) is 6.94. The Morgan fingerprint density at radius 2 is 1.68 bits per heavy atom. The maximum Gasteiger partial charge on any atom is 0.123 e. The Kier molecular flexibility index (Phi) is 5.25. The highest BCUT2D eigenvalue weighted by Crippen LogP contribution is 2.20. The van der Waals surface area contributed by atoms with Crippen molar-refractivity contribution in [1.29, 1.82) is 0 Å². The summed E-state index contributed by atoms with van der Waals surface area (Å²) < 4.78 is 12.7. The van der Waals surface area contributed by atoms with Gasteiger partial charge >= 0.3 is 0 Å². The average molecular weight is 297 g/mol. The zero-order valence-corrected chi connectivity index (χ0v) is 11.8. The molecular formula is C15H14ClFOS. The quantitative estimate of drug-likeness (QED) is 0.836. The van der Waals surface area contributed by atoms with Gasteiger partial charge in [0.15, 0.2) is 0 Å². The molecule has 1 nitrogen and oxygen atoms in total. The average Bonchev–Trinajstić information content (AvgIpc) is 2.41. The minimum Gasteiger partial charge on any atom is -0.392 e. The van der Waals surface area contributed by atoms with Crippen LogP contribution in [0.5, 0.6) is 0 Å².